The zero-order chi connectivity index (χ0) is 21.3. The van der Waals surface area contributed by atoms with Crippen molar-refractivity contribution in [1.82, 2.24) is 5.32 Å². The lowest BCUT2D eigenvalue weighted by Gasteiger charge is -2.15. The van der Waals surface area contributed by atoms with E-state index in [1.54, 1.807) is 13.2 Å². The zero-order valence-electron chi connectivity index (χ0n) is 17.1. The second-order valence-electron chi connectivity index (χ2n) is 7.31. The van der Waals surface area contributed by atoms with Gasteiger partial charge in [-0.05, 0) is 61.1 Å². The minimum atomic E-state index is 0.00716. The van der Waals surface area contributed by atoms with Gasteiger partial charge in [0.05, 0.1) is 23.3 Å². The van der Waals surface area contributed by atoms with E-state index in [1.807, 2.05) is 30.3 Å². The second-order valence-corrected chi connectivity index (χ2v) is 8.12. The van der Waals surface area contributed by atoms with Crippen LogP contribution in [0.3, 0.4) is 0 Å². The number of hydrogen-bond donors (Lipinski definition) is 1. The molecule has 30 heavy (non-hydrogen) atoms. The van der Waals surface area contributed by atoms with Crippen molar-refractivity contribution >= 4 is 29.1 Å². The predicted molar refractivity (Wildman–Crippen MR) is 119 cm³/mol. The van der Waals surface area contributed by atoms with E-state index in [1.165, 1.54) is 0 Å². The van der Waals surface area contributed by atoms with Crippen LogP contribution in [0.1, 0.15) is 36.8 Å². The number of halogens is 2. The van der Waals surface area contributed by atoms with Gasteiger partial charge in [-0.1, -0.05) is 35.3 Å². The fourth-order valence-corrected chi connectivity index (χ4v) is 3.66. The van der Waals surface area contributed by atoms with Gasteiger partial charge in [0, 0.05) is 19.6 Å². The summed E-state index contributed by atoms with van der Waals surface area (Å²) in [6, 6.07) is 11.3. The summed E-state index contributed by atoms with van der Waals surface area (Å²) in [5.41, 5.74) is 2.02. The SMILES string of the molecule is COc1cc(CNC(=O)CCCc2ccc(Cl)c(Cl)c2)ccc1OCC1CCCO1. The highest BCUT2D eigenvalue weighted by atomic mass is 35.5. The van der Waals surface area contributed by atoms with Gasteiger partial charge in [-0.15, -0.1) is 0 Å². The molecular formula is C23H27Cl2NO4. The molecule has 1 aliphatic rings. The van der Waals surface area contributed by atoms with Crippen molar-refractivity contribution in [3.8, 4) is 11.5 Å². The Kier molecular flexibility index (Phi) is 8.67. The highest BCUT2D eigenvalue weighted by Crippen LogP contribution is 2.29. The molecule has 1 saturated heterocycles. The van der Waals surface area contributed by atoms with E-state index < -0.39 is 0 Å². The topological polar surface area (TPSA) is 56.8 Å². The Morgan fingerprint density at radius 2 is 1.97 bits per heavy atom. The molecule has 2 aromatic carbocycles. The molecule has 1 unspecified atom stereocenters. The number of nitrogens with one attached hydrogen (secondary N) is 1. The molecule has 0 spiro atoms. The largest absolute Gasteiger partial charge is 0.493 e. The van der Waals surface area contributed by atoms with Crippen molar-refractivity contribution in [3.05, 3.63) is 57.6 Å². The third kappa shape index (κ3) is 6.79. The number of carbonyl (C=O) groups is 1. The summed E-state index contributed by atoms with van der Waals surface area (Å²) >= 11 is 11.9. The van der Waals surface area contributed by atoms with Crippen LogP contribution >= 0.6 is 23.2 Å². The van der Waals surface area contributed by atoms with Gasteiger partial charge in [-0.25, -0.2) is 0 Å². The maximum atomic E-state index is 12.2. The van der Waals surface area contributed by atoms with Crippen LogP contribution in [0.4, 0.5) is 0 Å². The lowest BCUT2D eigenvalue weighted by molar-refractivity contribution is -0.121. The van der Waals surface area contributed by atoms with Crippen LogP contribution < -0.4 is 14.8 Å². The van der Waals surface area contributed by atoms with E-state index in [0.29, 0.717) is 41.1 Å². The number of amides is 1. The van der Waals surface area contributed by atoms with Gasteiger partial charge in [0.25, 0.3) is 0 Å². The Balaban J connectivity index is 1.42. The summed E-state index contributed by atoms with van der Waals surface area (Å²) in [6.45, 7) is 1.76. The number of aryl methyl sites for hydroxylation is 1. The van der Waals surface area contributed by atoms with Crippen LogP contribution in [-0.2, 0) is 22.5 Å². The highest BCUT2D eigenvalue weighted by Gasteiger charge is 2.17. The summed E-state index contributed by atoms with van der Waals surface area (Å²) in [4.78, 5) is 12.2. The van der Waals surface area contributed by atoms with Crippen LogP contribution in [-0.4, -0.2) is 32.3 Å². The third-order valence-corrected chi connectivity index (χ3v) is 5.76. The van der Waals surface area contributed by atoms with Gasteiger partial charge >= 0.3 is 0 Å². The summed E-state index contributed by atoms with van der Waals surface area (Å²) in [6.07, 6.45) is 4.21. The number of carbonyl (C=O) groups excluding carboxylic acids is 1. The molecule has 1 fully saturated rings. The molecular weight excluding hydrogens is 425 g/mol. The average molecular weight is 452 g/mol. The van der Waals surface area contributed by atoms with E-state index in [-0.39, 0.29) is 12.0 Å². The maximum absolute atomic E-state index is 12.2. The molecule has 0 bridgehead atoms. The molecule has 0 aromatic heterocycles. The summed E-state index contributed by atoms with van der Waals surface area (Å²) in [7, 11) is 1.61. The first-order valence-electron chi connectivity index (χ1n) is 10.2. The van der Waals surface area contributed by atoms with Gasteiger partial charge in [-0.3, -0.25) is 4.79 Å². The fourth-order valence-electron chi connectivity index (χ4n) is 3.34. The minimum Gasteiger partial charge on any atom is -0.493 e. The first-order valence-corrected chi connectivity index (χ1v) is 10.9. The van der Waals surface area contributed by atoms with Crippen molar-refractivity contribution in [2.24, 2.45) is 0 Å². The summed E-state index contributed by atoms with van der Waals surface area (Å²) < 4.78 is 16.9. The van der Waals surface area contributed by atoms with Crippen LogP contribution in [0.2, 0.25) is 10.0 Å². The van der Waals surface area contributed by atoms with Crippen LogP contribution in [0.25, 0.3) is 0 Å². The lowest BCUT2D eigenvalue weighted by atomic mass is 10.1. The Hall–Kier alpha value is -1.95. The molecule has 7 heteroatoms. The quantitative estimate of drug-likeness (QED) is 0.539. The van der Waals surface area contributed by atoms with E-state index >= 15 is 0 Å². The van der Waals surface area contributed by atoms with E-state index in [9.17, 15) is 4.79 Å². The molecule has 3 rings (SSSR count). The predicted octanol–water partition coefficient (Wildman–Crippen LogP) is 5.20. The third-order valence-electron chi connectivity index (χ3n) is 5.02. The molecule has 1 heterocycles. The fraction of sp³-hybridized carbons (Fsp3) is 0.435. The zero-order valence-corrected chi connectivity index (χ0v) is 18.6. The first kappa shape index (κ1) is 22.7. The molecule has 1 atom stereocenters. The van der Waals surface area contributed by atoms with Crippen LogP contribution in [0.5, 0.6) is 11.5 Å². The van der Waals surface area contributed by atoms with Gasteiger partial charge < -0.3 is 19.5 Å². The van der Waals surface area contributed by atoms with Crippen LogP contribution in [0.15, 0.2) is 36.4 Å². The minimum absolute atomic E-state index is 0.00716. The number of hydrogen-bond acceptors (Lipinski definition) is 4. The maximum Gasteiger partial charge on any atom is 0.220 e. The van der Waals surface area contributed by atoms with Gasteiger partial charge in [-0.2, -0.15) is 0 Å². The molecule has 5 nitrogen and oxygen atoms in total. The monoisotopic (exact) mass is 451 g/mol. The lowest BCUT2D eigenvalue weighted by Crippen LogP contribution is -2.22. The van der Waals surface area contributed by atoms with E-state index in [0.717, 1.165) is 43.4 Å². The number of rotatable bonds is 10. The molecule has 1 amide bonds. The highest BCUT2D eigenvalue weighted by molar-refractivity contribution is 6.42. The van der Waals surface area contributed by atoms with E-state index in [4.69, 9.17) is 37.4 Å². The number of methoxy groups -OCH3 is 1. The molecule has 2 aromatic rings. The Labute approximate surface area is 187 Å². The smallest absolute Gasteiger partial charge is 0.220 e. The molecule has 1 aliphatic heterocycles. The average Bonchev–Trinajstić information content (AvgIpc) is 3.27. The van der Waals surface area contributed by atoms with Crippen molar-refractivity contribution in [1.29, 1.82) is 0 Å². The molecule has 1 N–H and O–H groups in total. The molecule has 162 valence electrons. The Morgan fingerprint density at radius 3 is 2.70 bits per heavy atom. The standard InChI is InChI=1S/C23H27Cl2NO4/c1-28-22-13-17(8-10-21(22)30-15-18-5-3-11-29-18)14-26-23(27)6-2-4-16-7-9-19(24)20(25)12-16/h7-10,12-13,18H,2-6,11,14-15H2,1H3,(H,26,27). The molecule has 0 aliphatic carbocycles. The van der Waals surface area contributed by atoms with Crippen molar-refractivity contribution < 1.29 is 19.0 Å². The normalized spacial score (nSPS) is 15.8. The van der Waals surface area contributed by atoms with Crippen molar-refractivity contribution in [2.75, 3.05) is 20.3 Å². The van der Waals surface area contributed by atoms with Crippen LogP contribution in [0, 0.1) is 0 Å². The summed E-state index contributed by atoms with van der Waals surface area (Å²) in [5, 5.41) is 4.03. The van der Waals surface area contributed by atoms with Gasteiger partial charge in [0.1, 0.15) is 6.61 Å². The Bertz CT molecular complexity index is 853. The van der Waals surface area contributed by atoms with E-state index in [2.05, 4.69) is 5.32 Å². The van der Waals surface area contributed by atoms with Gasteiger partial charge in [0.2, 0.25) is 5.91 Å². The van der Waals surface area contributed by atoms with Crippen molar-refractivity contribution in [2.45, 2.75) is 44.8 Å². The summed E-state index contributed by atoms with van der Waals surface area (Å²) in [5.74, 6) is 1.34. The second kappa shape index (κ2) is 11.4. The van der Waals surface area contributed by atoms with Gasteiger partial charge in [0.15, 0.2) is 11.5 Å². The molecule has 0 saturated carbocycles. The Morgan fingerprint density at radius 1 is 1.13 bits per heavy atom. The van der Waals surface area contributed by atoms with Crippen molar-refractivity contribution in [3.63, 3.8) is 0 Å². The number of ether oxygens (including phenoxy) is 3. The first-order chi connectivity index (χ1) is 14.5. The number of benzene rings is 2. The molecule has 0 radical (unpaired) electrons.